The number of ether oxygens (including phenoxy) is 8. The molecular weight excluding hydrogens is 993 g/mol. The Morgan fingerprint density at radius 2 is 0.388 bits per heavy atom. The van der Waals surface area contributed by atoms with Crippen LogP contribution in [-0.2, 0) is 0 Å². The van der Waals surface area contributed by atoms with E-state index in [-0.39, 0.29) is 23.7 Å². The van der Waals surface area contributed by atoms with Gasteiger partial charge in [-0.05, 0) is 101 Å². The predicted molar refractivity (Wildman–Crippen MR) is 336 cm³/mol. The van der Waals surface area contributed by atoms with Gasteiger partial charge in [0.2, 0.25) is 0 Å². The normalized spacial score (nSPS) is 15.6. The first-order valence-electron chi connectivity index (χ1n) is 30.7. The Labute approximate surface area is 485 Å². The number of fused-ring (bicyclic) bond motifs is 8. The van der Waals surface area contributed by atoms with Crippen molar-refractivity contribution >= 4 is 0 Å². The number of hydrogen-bond acceptors (Lipinski definition) is 8. The molecule has 0 radical (unpaired) electrons. The van der Waals surface area contributed by atoms with Gasteiger partial charge in [-0.1, -0.05) is 127 Å². The van der Waals surface area contributed by atoms with E-state index in [0.29, 0.717) is 0 Å². The van der Waals surface area contributed by atoms with E-state index in [1.807, 2.05) is 24.3 Å². The lowest BCUT2D eigenvalue weighted by Gasteiger charge is -2.31. The maximum Gasteiger partial charge on any atom is 0.126 e. The minimum absolute atomic E-state index is 0.103. The number of unbranched alkanes of at least 4 members (excludes halogenated alkanes) is 20. The van der Waals surface area contributed by atoms with E-state index in [1.54, 1.807) is 56.9 Å². The molecule has 0 saturated carbocycles. The molecule has 1 aliphatic rings. The fourth-order valence-corrected chi connectivity index (χ4v) is 12.6. The van der Waals surface area contributed by atoms with Crippen molar-refractivity contribution in [1.29, 1.82) is 0 Å². The Balaban J connectivity index is 1.94. The standard InChI is InChI=1S/C72H104O8/c1-13-17-21-25-29-33-37-41-53-57-45-59(67(75-7)49-65(57)73-5)54(42-38-34-30-26-22-18-14-2)61-47-63(71(79-11)51-69(61)77-9)56(44-40-36-32-28-24-20-16-4)64-48-62(70(78-10)52-72(64)80-12)55(43-39-35-31-27-23-19-15-3)60-46-58(53)66(74-6)50-68(60)76-8/h13-16,45-56H,1-4,17-44H2,5-12H3. The summed E-state index contributed by atoms with van der Waals surface area (Å²) < 4.78 is 52.1. The van der Waals surface area contributed by atoms with Gasteiger partial charge in [0, 0.05) is 92.4 Å². The molecule has 0 spiro atoms. The molecular formula is C72H104O8. The quantitative estimate of drug-likeness (QED) is 0.0322. The van der Waals surface area contributed by atoms with Crippen LogP contribution in [0.4, 0.5) is 0 Å². The molecule has 80 heavy (non-hydrogen) atoms. The highest BCUT2D eigenvalue weighted by Gasteiger charge is 2.34. The SMILES string of the molecule is C=CCCCCCCCC1c2cc(c(OC)cc2OC)C(CCCCCCCC=C)c2cc(c(OC)cc2OC)C(CCCCCCCC=C)c2cc(c(OC)cc2OC)C(CCCCCCCC=C)c2cc1c(OC)cc2OC. The molecule has 5 rings (SSSR count). The second-order valence-corrected chi connectivity index (χ2v) is 22.1. The molecule has 0 atom stereocenters. The Hall–Kier alpha value is -5.76. The summed E-state index contributed by atoms with van der Waals surface area (Å²) in [6, 6.07) is 18.2. The summed E-state index contributed by atoms with van der Waals surface area (Å²) in [7, 11) is 14.4. The summed E-state index contributed by atoms with van der Waals surface area (Å²) in [4.78, 5) is 0. The molecule has 0 fully saturated rings. The van der Waals surface area contributed by atoms with Crippen molar-refractivity contribution in [3.8, 4) is 46.0 Å². The number of allylic oxidation sites excluding steroid dienone is 4. The van der Waals surface area contributed by atoms with Gasteiger partial charge in [-0.15, -0.1) is 26.3 Å². The van der Waals surface area contributed by atoms with Crippen LogP contribution >= 0.6 is 0 Å². The molecule has 0 saturated heterocycles. The lowest BCUT2D eigenvalue weighted by molar-refractivity contribution is 0.371. The van der Waals surface area contributed by atoms with Crippen LogP contribution < -0.4 is 37.9 Å². The summed E-state index contributed by atoms with van der Waals surface area (Å²) in [6.07, 6.45) is 38.5. The monoisotopic (exact) mass is 1100 g/mol. The topological polar surface area (TPSA) is 73.8 Å². The van der Waals surface area contributed by atoms with Gasteiger partial charge in [-0.2, -0.15) is 0 Å². The Kier molecular flexibility index (Phi) is 29.7. The molecule has 8 bridgehead atoms. The highest BCUT2D eigenvalue weighted by molar-refractivity contribution is 5.63. The van der Waals surface area contributed by atoms with Crippen LogP contribution in [0.15, 0.2) is 99.2 Å². The highest BCUT2D eigenvalue weighted by atomic mass is 16.5. The lowest BCUT2D eigenvalue weighted by atomic mass is 9.76. The summed E-state index contributed by atoms with van der Waals surface area (Å²) in [6.45, 7) is 15.9. The van der Waals surface area contributed by atoms with E-state index in [9.17, 15) is 0 Å². The van der Waals surface area contributed by atoms with Gasteiger partial charge in [0.05, 0.1) is 56.9 Å². The molecule has 0 amide bonds. The third kappa shape index (κ3) is 18.1. The molecule has 0 aromatic heterocycles. The van der Waals surface area contributed by atoms with Gasteiger partial charge in [0.15, 0.2) is 0 Å². The number of hydrogen-bond donors (Lipinski definition) is 0. The molecule has 4 aromatic carbocycles. The van der Waals surface area contributed by atoms with Gasteiger partial charge >= 0.3 is 0 Å². The third-order valence-electron chi connectivity index (χ3n) is 16.9. The van der Waals surface area contributed by atoms with Crippen molar-refractivity contribution in [3.05, 3.63) is 144 Å². The van der Waals surface area contributed by atoms with Crippen molar-refractivity contribution in [2.75, 3.05) is 56.9 Å². The predicted octanol–water partition coefficient (Wildman–Crippen LogP) is 20.3. The Morgan fingerprint density at radius 1 is 0.237 bits per heavy atom. The molecule has 0 N–H and O–H groups in total. The minimum atomic E-state index is -0.103. The maximum atomic E-state index is 6.51. The van der Waals surface area contributed by atoms with Crippen LogP contribution in [0.3, 0.4) is 0 Å². The van der Waals surface area contributed by atoms with Crippen molar-refractivity contribution in [3.63, 3.8) is 0 Å². The summed E-state index contributed by atoms with van der Waals surface area (Å²) >= 11 is 0. The zero-order chi connectivity index (χ0) is 57.5. The molecule has 0 heterocycles. The summed E-state index contributed by atoms with van der Waals surface area (Å²) in [5, 5.41) is 0. The number of methoxy groups -OCH3 is 8. The molecule has 8 heteroatoms. The van der Waals surface area contributed by atoms with Crippen molar-refractivity contribution in [1.82, 2.24) is 0 Å². The average Bonchev–Trinajstić information content (AvgIpc) is 3.49. The Bertz CT molecular complexity index is 2040. The highest BCUT2D eigenvalue weighted by Crippen LogP contribution is 2.53. The zero-order valence-electron chi connectivity index (χ0n) is 51.1. The zero-order valence-corrected chi connectivity index (χ0v) is 51.1. The molecule has 0 aliphatic heterocycles. The number of rotatable bonds is 40. The minimum Gasteiger partial charge on any atom is -0.496 e. The first kappa shape index (κ1) is 65.1. The van der Waals surface area contributed by atoms with Gasteiger partial charge in [0.1, 0.15) is 46.0 Å². The van der Waals surface area contributed by atoms with Crippen LogP contribution in [0.2, 0.25) is 0 Å². The van der Waals surface area contributed by atoms with E-state index in [1.165, 1.54) is 25.7 Å². The molecule has 440 valence electrons. The van der Waals surface area contributed by atoms with Crippen LogP contribution in [0, 0.1) is 0 Å². The van der Waals surface area contributed by atoms with Crippen molar-refractivity contribution in [2.24, 2.45) is 0 Å². The fraction of sp³-hybridized carbons (Fsp3) is 0.556. The van der Waals surface area contributed by atoms with Gasteiger partial charge in [-0.25, -0.2) is 0 Å². The second kappa shape index (κ2) is 36.6. The van der Waals surface area contributed by atoms with E-state index >= 15 is 0 Å². The first-order valence-corrected chi connectivity index (χ1v) is 30.7. The second-order valence-electron chi connectivity index (χ2n) is 22.1. The Morgan fingerprint density at radius 3 is 0.537 bits per heavy atom. The molecule has 4 aromatic rings. The largest absolute Gasteiger partial charge is 0.496 e. The van der Waals surface area contributed by atoms with Crippen LogP contribution in [-0.4, -0.2) is 56.9 Å². The van der Waals surface area contributed by atoms with Gasteiger partial charge in [-0.3, -0.25) is 0 Å². The van der Waals surface area contributed by atoms with E-state index in [4.69, 9.17) is 37.9 Å². The van der Waals surface area contributed by atoms with Crippen LogP contribution in [0.5, 0.6) is 46.0 Å². The summed E-state index contributed by atoms with van der Waals surface area (Å²) in [5.41, 5.74) is 8.93. The first-order chi connectivity index (χ1) is 39.2. The summed E-state index contributed by atoms with van der Waals surface area (Å²) in [5.74, 6) is 5.96. The molecule has 1 aliphatic carbocycles. The number of benzene rings is 4. The van der Waals surface area contributed by atoms with E-state index in [2.05, 4.69) is 74.8 Å². The van der Waals surface area contributed by atoms with E-state index in [0.717, 1.165) is 245 Å². The van der Waals surface area contributed by atoms with Crippen molar-refractivity contribution in [2.45, 2.75) is 203 Å². The fourth-order valence-electron chi connectivity index (χ4n) is 12.6. The molecule has 0 unspecified atom stereocenters. The lowest BCUT2D eigenvalue weighted by Crippen LogP contribution is -2.15. The maximum absolute atomic E-state index is 6.51. The van der Waals surface area contributed by atoms with Gasteiger partial charge in [0.25, 0.3) is 0 Å². The smallest absolute Gasteiger partial charge is 0.126 e. The molecule has 8 nitrogen and oxygen atoms in total. The van der Waals surface area contributed by atoms with Crippen LogP contribution in [0.1, 0.15) is 248 Å². The van der Waals surface area contributed by atoms with Gasteiger partial charge < -0.3 is 37.9 Å². The van der Waals surface area contributed by atoms with Crippen molar-refractivity contribution < 1.29 is 37.9 Å². The van der Waals surface area contributed by atoms with E-state index < -0.39 is 0 Å². The average molecular weight is 1100 g/mol. The third-order valence-corrected chi connectivity index (χ3v) is 16.9. The van der Waals surface area contributed by atoms with Crippen LogP contribution in [0.25, 0.3) is 0 Å².